The summed E-state index contributed by atoms with van der Waals surface area (Å²) in [6.07, 6.45) is -3.47. The Labute approximate surface area is 172 Å². The van der Waals surface area contributed by atoms with E-state index in [1.165, 1.54) is 24.4 Å². The normalized spacial score (nSPS) is 11.3. The molecular formula is C19H12ClF4N3OS. The van der Waals surface area contributed by atoms with Crippen LogP contribution in [-0.2, 0) is 11.9 Å². The van der Waals surface area contributed by atoms with Crippen LogP contribution in [0, 0.1) is 5.82 Å². The second-order valence-corrected chi connectivity index (χ2v) is 7.08. The van der Waals surface area contributed by atoms with Gasteiger partial charge in [0.15, 0.2) is 10.9 Å². The minimum absolute atomic E-state index is 0.123. The molecule has 0 bridgehead atoms. The van der Waals surface area contributed by atoms with E-state index < -0.39 is 29.2 Å². The maximum atomic E-state index is 13.7. The molecule has 2 aromatic carbocycles. The Kier molecular flexibility index (Phi) is 6.39. The Balaban J connectivity index is 1.80. The fourth-order valence-electron chi connectivity index (χ4n) is 2.36. The third-order valence-electron chi connectivity index (χ3n) is 3.73. The van der Waals surface area contributed by atoms with Gasteiger partial charge in [0.25, 0.3) is 5.91 Å². The van der Waals surface area contributed by atoms with Gasteiger partial charge in [-0.2, -0.15) is 13.2 Å². The molecule has 0 spiro atoms. The molecule has 1 heterocycles. The number of anilines is 1. The average Bonchev–Trinajstić information content (AvgIpc) is 2.68. The molecule has 150 valence electrons. The van der Waals surface area contributed by atoms with Crippen molar-refractivity contribution in [1.82, 2.24) is 9.97 Å². The molecule has 0 aliphatic carbocycles. The lowest BCUT2D eigenvalue weighted by molar-refractivity contribution is -0.136. The standard InChI is InChI=1S/C19H12ClF4N3OS/c20-13-9-25-18(29-10-11-5-1-3-7-14(11)21)27-16(13)17(28)26-15-8-4-2-6-12(15)19(22,23)24/h1-9H,10H2,(H,26,28). The summed E-state index contributed by atoms with van der Waals surface area (Å²) in [7, 11) is 0. The summed E-state index contributed by atoms with van der Waals surface area (Å²) in [6.45, 7) is 0. The van der Waals surface area contributed by atoms with Crippen LogP contribution in [0.4, 0.5) is 23.2 Å². The summed E-state index contributed by atoms with van der Waals surface area (Å²) in [6, 6.07) is 10.7. The number of amides is 1. The predicted octanol–water partition coefficient (Wildman–Crippen LogP) is 5.83. The van der Waals surface area contributed by atoms with E-state index in [2.05, 4.69) is 15.3 Å². The van der Waals surface area contributed by atoms with E-state index in [0.717, 1.165) is 23.9 Å². The molecule has 3 rings (SSSR count). The molecule has 1 aromatic heterocycles. The smallest absolute Gasteiger partial charge is 0.320 e. The molecule has 0 radical (unpaired) electrons. The van der Waals surface area contributed by atoms with E-state index in [1.807, 2.05) is 0 Å². The number of halogens is 5. The van der Waals surface area contributed by atoms with Gasteiger partial charge in [-0.25, -0.2) is 14.4 Å². The van der Waals surface area contributed by atoms with Crippen LogP contribution < -0.4 is 5.32 Å². The monoisotopic (exact) mass is 441 g/mol. The number of para-hydroxylation sites is 1. The van der Waals surface area contributed by atoms with Crippen molar-refractivity contribution in [3.05, 3.63) is 82.4 Å². The van der Waals surface area contributed by atoms with Crippen LogP contribution in [0.25, 0.3) is 0 Å². The number of alkyl halides is 3. The molecule has 0 fully saturated rings. The Morgan fingerprint density at radius 3 is 2.52 bits per heavy atom. The zero-order chi connectivity index (χ0) is 21.0. The first-order valence-corrected chi connectivity index (χ1v) is 9.48. The van der Waals surface area contributed by atoms with E-state index in [0.29, 0.717) is 5.56 Å². The van der Waals surface area contributed by atoms with Gasteiger partial charge in [0.2, 0.25) is 0 Å². The predicted molar refractivity (Wildman–Crippen MR) is 102 cm³/mol. The molecule has 3 aromatic rings. The third kappa shape index (κ3) is 5.24. The fourth-order valence-corrected chi connectivity index (χ4v) is 3.34. The average molecular weight is 442 g/mol. The van der Waals surface area contributed by atoms with Crippen molar-refractivity contribution in [1.29, 1.82) is 0 Å². The van der Waals surface area contributed by atoms with E-state index >= 15 is 0 Å². The number of carbonyl (C=O) groups excluding carboxylic acids is 1. The maximum Gasteiger partial charge on any atom is 0.418 e. The van der Waals surface area contributed by atoms with Gasteiger partial charge in [-0.15, -0.1) is 0 Å². The molecule has 0 saturated heterocycles. The van der Waals surface area contributed by atoms with Gasteiger partial charge in [-0.05, 0) is 23.8 Å². The first-order valence-electron chi connectivity index (χ1n) is 8.12. The largest absolute Gasteiger partial charge is 0.418 e. The van der Waals surface area contributed by atoms with Crippen LogP contribution in [-0.4, -0.2) is 15.9 Å². The van der Waals surface area contributed by atoms with Crippen LogP contribution in [0.5, 0.6) is 0 Å². The summed E-state index contributed by atoms with van der Waals surface area (Å²) in [5, 5.41) is 2.19. The Morgan fingerprint density at radius 1 is 1.10 bits per heavy atom. The van der Waals surface area contributed by atoms with Crippen molar-refractivity contribution in [3.63, 3.8) is 0 Å². The second-order valence-electron chi connectivity index (χ2n) is 5.73. The van der Waals surface area contributed by atoms with Gasteiger partial charge in [0.05, 0.1) is 22.5 Å². The van der Waals surface area contributed by atoms with Crippen LogP contribution in [0.1, 0.15) is 21.6 Å². The highest BCUT2D eigenvalue weighted by Gasteiger charge is 2.33. The van der Waals surface area contributed by atoms with Crippen molar-refractivity contribution in [3.8, 4) is 0 Å². The van der Waals surface area contributed by atoms with Crippen molar-refractivity contribution in [2.24, 2.45) is 0 Å². The molecular weight excluding hydrogens is 430 g/mol. The zero-order valence-corrected chi connectivity index (χ0v) is 16.1. The van der Waals surface area contributed by atoms with Gasteiger partial charge < -0.3 is 5.32 Å². The minimum Gasteiger partial charge on any atom is -0.320 e. The lowest BCUT2D eigenvalue weighted by atomic mass is 10.1. The fraction of sp³-hybridized carbons (Fsp3) is 0.105. The van der Waals surface area contributed by atoms with Crippen molar-refractivity contribution < 1.29 is 22.4 Å². The summed E-state index contributed by atoms with van der Waals surface area (Å²) >= 11 is 7.01. The molecule has 10 heteroatoms. The molecule has 29 heavy (non-hydrogen) atoms. The highest BCUT2D eigenvalue weighted by atomic mass is 35.5. The first kappa shape index (κ1) is 21.1. The number of nitrogens with one attached hydrogen (secondary N) is 1. The van der Waals surface area contributed by atoms with Crippen LogP contribution >= 0.6 is 23.4 Å². The van der Waals surface area contributed by atoms with E-state index in [4.69, 9.17) is 11.6 Å². The SMILES string of the molecule is O=C(Nc1ccccc1C(F)(F)F)c1nc(SCc2ccccc2F)ncc1Cl. The maximum absolute atomic E-state index is 13.7. The van der Waals surface area contributed by atoms with Gasteiger partial charge in [0.1, 0.15) is 5.82 Å². The number of thioether (sulfide) groups is 1. The Morgan fingerprint density at radius 2 is 1.79 bits per heavy atom. The van der Waals surface area contributed by atoms with Crippen LogP contribution in [0.3, 0.4) is 0 Å². The molecule has 0 aliphatic rings. The lowest BCUT2D eigenvalue weighted by Crippen LogP contribution is -2.18. The third-order valence-corrected chi connectivity index (χ3v) is 4.92. The van der Waals surface area contributed by atoms with E-state index in [-0.39, 0.29) is 21.6 Å². The number of benzene rings is 2. The topological polar surface area (TPSA) is 54.9 Å². The highest BCUT2D eigenvalue weighted by Crippen LogP contribution is 2.35. The van der Waals surface area contributed by atoms with Crippen LogP contribution in [0.2, 0.25) is 5.02 Å². The molecule has 1 amide bonds. The number of hydrogen-bond acceptors (Lipinski definition) is 4. The number of carbonyl (C=O) groups is 1. The molecule has 4 nitrogen and oxygen atoms in total. The molecule has 1 N–H and O–H groups in total. The zero-order valence-electron chi connectivity index (χ0n) is 14.5. The van der Waals surface area contributed by atoms with Gasteiger partial charge in [-0.1, -0.05) is 53.7 Å². The lowest BCUT2D eigenvalue weighted by Gasteiger charge is -2.13. The number of hydrogen-bond donors (Lipinski definition) is 1. The molecule has 0 saturated carbocycles. The number of aromatic nitrogens is 2. The molecule has 0 aliphatic heterocycles. The van der Waals surface area contributed by atoms with Crippen molar-refractivity contribution >= 4 is 35.0 Å². The van der Waals surface area contributed by atoms with Gasteiger partial charge in [-0.3, -0.25) is 4.79 Å². The number of rotatable bonds is 5. The Bertz CT molecular complexity index is 1050. The van der Waals surface area contributed by atoms with Crippen molar-refractivity contribution in [2.45, 2.75) is 17.1 Å². The van der Waals surface area contributed by atoms with E-state index in [9.17, 15) is 22.4 Å². The first-order chi connectivity index (χ1) is 13.8. The Hall–Kier alpha value is -2.65. The van der Waals surface area contributed by atoms with Gasteiger partial charge in [0, 0.05) is 5.75 Å². The summed E-state index contributed by atoms with van der Waals surface area (Å²) in [4.78, 5) is 20.4. The summed E-state index contributed by atoms with van der Waals surface area (Å²) in [5.41, 5.74) is -1.27. The number of nitrogens with zero attached hydrogens (tertiary/aromatic N) is 2. The van der Waals surface area contributed by atoms with Gasteiger partial charge >= 0.3 is 6.18 Å². The van der Waals surface area contributed by atoms with Crippen molar-refractivity contribution in [2.75, 3.05) is 5.32 Å². The highest BCUT2D eigenvalue weighted by molar-refractivity contribution is 7.98. The summed E-state index contributed by atoms with van der Waals surface area (Å²) in [5.74, 6) is -1.11. The van der Waals surface area contributed by atoms with Crippen LogP contribution in [0.15, 0.2) is 59.9 Å². The molecule has 0 atom stereocenters. The minimum atomic E-state index is -4.64. The summed E-state index contributed by atoms with van der Waals surface area (Å²) < 4.78 is 53.0. The molecule has 0 unspecified atom stereocenters. The quantitative estimate of drug-likeness (QED) is 0.307. The second kappa shape index (κ2) is 8.79. The van der Waals surface area contributed by atoms with E-state index in [1.54, 1.807) is 18.2 Å².